The van der Waals surface area contributed by atoms with Gasteiger partial charge in [-0.3, -0.25) is 4.79 Å². The predicted molar refractivity (Wildman–Crippen MR) is 94.1 cm³/mol. The molecule has 0 saturated carbocycles. The molecule has 0 aromatic heterocycles. The molecule has 2 aromatic rings. The fourth-order valence-electron chi connectivity index (χ4n) is 2.46. The molecular weight excluding hydrogens is 362 g/mol. The van der Waals surface area contributed by atoms with E-state index in [1.54, 1.807) is 19.9 Å². The highest BCUT2D eigenvalue weighted by atomic mass is 32.2. The number of carbonyl (C=O) groups is 1. The van der Waals surface area contributed by atoms with Crippen molar-refractivity contribution in [3.8, 4) is 0 Å². The molecule has 26 heavy (non-hydrogen) atoms. The van der Waals surface area contributed by atoms with Gasteiger partial charge >= 0.3 is 0 Å². The van der Waals surface area contributed by atoms with E-state index in [-0.39, 0.29) is 25.2 Å². The lowest BCUT2D eigenvalue weighted by Crippen LogP contribution is -2.31. The maximum Gasteiger partial charge on any atom is 0.251 e. The number of amides is 1. The molecule has 5 nitrogen and oxygen atoms in total. The van der Waals surface area contributed by atoms with E-state index in [0.29, 0.717) is 5.56 Å². The molecule has 0 aliphatic carbocycles. The average Bonchev–Trinajstić information content (AvgIpc) is 2.61. The zero-order valence-corrected chi connectivity index (χ0v) is 15.3. The van der Waals surface area contributed by atoms with E-state index in [1.165, 1.54) is 24.3 Å². The monoisotopic (exact) mass is 382 g/mol. The predicted octanol–water partition coefficient (Wildman–Crippen LogP) is 2.93. The number of nitrogens with one attached hydrogen (secondary N) is 1. The Morgan fingerprint density at radius 3 is 2.31 bits per heavy atom. The summed E-state index contributed by atoms with van der Waals surface area (Å²) in [5, 5.41) is 2.50. The Morgan fingerprint density at radius 1 is 1.04 bits per heavy atom. The molecule has 0 aliphatic heterocycles. The lowest BCUT2D eigenvalue weighted by atomic mass is 10.2. The molecule has 140 valence electrons. The standard InChI is InChI=1S/C18H20F2N2O3S/c1-3-22(4-2)26(24,25)17-11-13(9-10-16(17)20)18(23)21-12-14-7-5-6-8-15(14)19/h5-11H,3-4,12H2,1-2H3,(H,21,23). The van der Waals surface area contributed by atoms with Gasteiger partial charge < -0.3 is 5.32 Å². The summed E-state index contributed by atoms with van der Waals surface area (Å²) < 4.78 is 53.8. The molecule has 0 atom stereocenters. The molecule has 2 rings (SSSR count). The Morgan fingerprint density at radius 2 is 1.69 bits per heavy atom. The van der Waals surface area contributed by atoms with Gasteiger partial charge in [0.15, 0.2) is 0 Å². The second-order valence-corrected chi connectivity index (χ2v) is 7.41. The number of hydrogen-bond acceptors (Lipinski definition) is 3. The molecule has 0 radical (unpaired) electrons. The summed E-state index contributed by atoms with van der Waals surface area (Å²) >= 11 is 0. The van der Waals surface area contributed by atoms with E-state index in [2.05, 4.69) is 5.32 Å². The van der Waals surface area contributed by atoms with Gasteiger partial charge in [-0.2, -0.15) is 4.31 Å². The van der Waals surface area contributed by atoms with Gasteiger partial charge in [0.2, 0.25) is 10.0 Å². The number of nitrogens with zero attached hydrogens (tertiary/aromatic N) is 1. The van der Waals surface area contributed by atoms with Crippen molar-refractivity contribution in [2.45, 2.75) is 25.3 Å². The minimum Gasteiger partial charge on any atom is -0.348 e. The van der Waals surface area contributed by atoms with E-state index in [1.807, 2.05) is 0 Å². The summed E-state index contributed by atoms with van der Waals surface area (Å²) in [5.41, 5.74) is 0.271. The Hall–Kier alpha value is -2.32. The third-order valence-electron chi connectivity index (χ3n) is 3.91. The van der Waals surface area contributed by atoms with Crippen LogP contribution < -0.4 is 5.32 Å². The summed E-state index contributed by atoms with van der Waals surface area (Å²) in [4.78, 5) is 11.7. The van der Waals surface area contributed by atoms with Gasteiger partial charge in [-0.05, 0) is 24.3 Å². The van der Waals surface area contributed by atoms with Crippen LogP contribution in [0.3, 0.4) is 0 Å². The van der Waals surface area contributed by atoms with E-state index in [4.69, 9.17) is 0 Å². The van der Waals surface area contributed by atoms with Crippen molar-refractivity contribution < 1.29 is 22.0 Å². The van der Waals surface area contributed by atoms with E-state index in [9.17, 15) is 22.0 Å². The topological polar surface area (TPSA) is 66.5 Å². The van der Waals surface area contributed by atoms with Crippen LogP contribution in [0.5, 0.6) is 0 Å². The first-order chi connectivity index (χ1) is 12.3. The quantitative estimate of drug-likeness (QED) is 0.801. The molecular formula is C18H20F2N2O3S. The Bertz CT molecular complexity index is 897. The van der Waals surface area contributed by atoms with E-state index >= 15 is 0 Å². The van der Waals surface area contributed by atoms with Crippen molar-refractivity contribution in [1.29, 1.82) is 0 Å². The Kier molecular flexibility index (Phi) is 6.44. The molecule has 0 bridgehead atoms. The highest BCUT2D eigenvalue weighted by molar-refractivity contribution is 7.89. The maximum atomic E-state index is 14.1. The van der Waals surface area contributed by atoms with Gasteiger partial charge in [-0.1, -0.05) is 32.0 Å². The van der Waals surface area contributed by atoms with Crippen LogP contribution in [-0.4, -0.2) is 31.7 Å². The van der Waals surface area contributed by atoms with Crippen molar-refractivity contribution in [1.82, 2.24) is 9.62 Å². The smallest absolute Gasteiger partial charge is 0.251 e. The van der Waals surface area contributed by atoms with Crippen LogP contribution in [0.1, 0.15) is 29.8 Å². The minimum absolute atomic E-state index is 0.0199. The molecule has 0 fully saturated rings. The summed E-state index contributed by atoms with van der Waals surface area (Å²) in [6.45, 7) is 3.58. The van der Waals surface area contributed by atoms with Crippen LogP contribution in [0.25, 0.3) is 0 Å². The first kappa shape index (κ1) is 20.0. The molecule has 0 aliphatic rings. The molecule has 0 spiro atoms. The zero-order valence-electron chi connectivity index (χ0n) is 14.5. The third-order valence-corrected chi connectivity index (χ3v) is 5.98. The first-order valence-corrected chi connectivity index (χ1v) is 9.56. The van der Waals surface area contributed by atoms with Crippen molar-refractivity contribution in [2.75, 3.05) is 13.1 Å². The van der Waals surface area contributed by atoms with Gasteiger partial charge in [0.25, 0.3) is 5.91 Å². The third kappa shape index (κ3) is 4.25. The first-order valence-electron chi connectivity index (χ1n) is 8.12. The van der Waals surface area contributed by atoms with Gasteiger partial charge in [0.1, 0.15) is 16.5 Å². The lowest BCUT2D eigenvalue weighted by Gasteiger charge is -2.19. The highest BCUT2D eigenvalue weighted by Crippen LogP contribution is 2.21. The van der Waals surface area contributed by atoms with Crippen molar-refractivity contribution >= 4 is 15.9 Å². The van der Waals surface area contributed by atoms with E-state index in [0.717, 1.165) is 16.4 Å². The summed E-state index contributed by atoms with van der Waals surface area (Å²) in [7, 11) is -4.04. The second-order valence-electron chi connectivity index (χ2n) is 5.51. The number of halogens is 2. The number of carbonyl (C=O) groups excluding carboxylic acids is 1. The number of benzene rings is 2. The summed E-state index contributed by atoms with van der Waals surface area (Å²) in [5.74, 6) is -2.01. The Balaban J connectivity index is 2.26. The largest absolute Gasteiger partial charge is 0.348 e. The maximum absolute atomic E-state index is 14.1. The average molecular weight is 382 g/mol. The fourth-order valence-corrected chi connectivity index (χ4v) is 4.01. The number of hydrogen-bond donors (Lipinski definition) is 1. The fraction of sp³-hybridized carbons (Fsp3) is 0.278. The molecule has 1 amide bonds. The SMILES string of the molecule is CCN(CC)S(=O)(=O)c1cc(C(=O)NCc2ccccc2F)ccc1F. The highest BCUT2D eigenvalue weighted by Gasteiger charge is 2.26. The molecule has 8 heteroatoms. The summed E-state index contributed by atoms with van der Waals surface area (Å²) in [6.07, 6.45) is 0. The minimum atomic E-state index is -4.04. The van der Waals surface area contributed by atoms with Crippen LogP contribution in [-0.2, 0) is 16.6 Å². The van der Waals surface area contributed by atoms with Crippen LogP contribution in [0.4, 0.5) is 8.78 Å². The van der Waals surface area contributed by atoms with Crippen LogP contribution >= 0.6 is 0 Å². The second kappa shape index (κ2) is 8.37. The Labute approximate surface area is 151 Å². The van der Waals surface area contributed by atoms with Crippen molar-refractivity contribution in [2.24, 2.45) is 0 Å². The van der Waals surface area contributed by atoms with Crippen LogP contribution in [0.2, 0.25) is 0 Å². The van der Waals surface area contributed by atoms with Gasteiger partial charge in [-0.25, -0.2) is 17.2 Å². The van der Waals surface area contributed by atoms with Crippen LogP contribution in [0.15, 0.2) is 47.4 Å². The summed E-state index contributed by atoms with van der Waals surface area (Å²) in [6, 6.07) is 9.09. The molecule has 0 unspecified atom stereocenters. The van der Waals surface area contributed by atoms with Gasteiger partial charge in [0.05, 0.1) is 0 Å². The van der Waals surface area contributed by atoms with Gasteiger partial charge in [0, 0.05) is 30.8 Å². The normalized spacial score (nSPS) is 11.6. The molecule has 0 heterocycles. The molecule has 1 N–H and O–H groups in total. The molecule has 0 saturated heterocycles. The van der Waals surface area contributed by atoms with Crippen LogP contribution in [0, 0.1) is 11.6 Å². The number of sulfonamides is 1. The van der Waals surface area contributed by atoms with Gasteiger partial charge in [-0.15, -0.1) is 0 Å². The van der Waals surface area contributed by atoms with Crippen molar-refractivity contribution in [3.05, 3.63) is 65.2 Å². The molecule has 2 aromatic carbocycles. The number of rotatable bonds is 7. The zero-order chi connectivity index (χ0) is 19.3. The van der Waals surface area contributed by atoms with E-state index < -0.39 is 32.5 Å². The van der Waals surface area contributed by atoms with Crippen molar-refractivity contribution in [3.63, 3.8) is 0 Å². The lowest BCUT2D eigenvalue weighted by molar-refractivity contribution is 0.0950.